The van der Waals surface area contributed by atoms with E-state index in [2.05, 4.69) is 0 Å². The number of para-hydroxylation sites is 1. The van der Waals surface area contributed by atoms with Gasteiger partial charge < -0.3 is 10.6 Å². The van der Waals surface area contributed by atoms with Gasteiger partial charge in [0.2, 0.25) is 6.54 Å². The molecule has 1 atom stereocenters. The molecule has 116 valence electrons. The van der Waals surface area contributed by atoms with Crippen LogP contribution in [0, 0.1) is 10.1 Å². The minimum Gasteiger partial charge on any atom is -0.398 e. The molecule has 0 fully saturated rings. The summed E-state index contributed by atoms with van der Waals surface area (Å²) < 4.78 is 0. The lowest BCUT2D eigenvalue weighted by atomic mass is 10.1. The van der Waals surface area contributed by atoms with Gasteiger partial charge in [0, 0.05) is 35.3 Å². The van der Waals surface area contributed by atoms with E-state index in [0.717, 1.165) is 16.1 Å². The molecule has 2 aromatic rings. The molecule has 0 radical (unpaired) electrons. The predicted octanol–water partition coefficient (Wildman–Crippen LogP) is 3.44. The normalized spacial score (nSPS) is 11.9. The van der Waals surface area contributed by atoms with E-state index in [0.29, 0.717) is 5.69 Å². The number of hydrogen-bond donors (Lipinski definition) is 1. The fourth-order valence-electron chi connectivity index (χ4n) is 2.07. The van der Waals surface area contributed by atoms with Crippen LogP contribution < -0.4 is 10.6 Å². The summed E-state index contributed by atoms with van der Waals surface area (Å²) in [5.74, 6) is 0. The van der Waals surface area contributed by atoms with Crippen LogP contribution in [0.25, 0.3) is 0 Å². The zero-order valence-electron chi connectivity index (χ0n) is 12.6. The highest BCUT2D eigenvalue weighted by Crippen LogP contribution is 2.38. The molecule has 0 aliphatic carbocycles. The van der Waals surface area contributed by atoms with Crippen LogP contribution in [0.4, 0.5) is 11.4 Å². The van der Waals surface area contributed by atoms with Gasteiger partial charge in [0.25, 0.3) is 0 Å². The lowest BCUT2D eigenvalue weighted by Gasteiger charge is -2.17. The number of nitrogens with zero attached hydrogens (tertiary/aromatic N) is 2. The molecule has 5 nitrogen and oxygen atoms in total. The van der Waals surface area contributed by atoms with Gasteiger partial charge in [0.15, 0.2) is 0 Å². The first-order valence-corrected chi connectivity index (χ1v) is 7.75. The van der Waals surface area contributed by atoms with Gasteiger partial charge in [-0.15, -0.1) is 11.8 Å². The standard InChI is InChI=1S/C16H19N3O2S/c1-18(2)13-9-7-12(8-10-13)16(11-19(20)21)22-15-6-4-3-5-14(15)17/h3-10,16H,11,17H2,1-2H3. The van der Waals surface area contributed by atoms with Crippen LogP contribution in [-0.2, 0) is 0 Å². The third-order valence-electron chi connectivity index (χ3n) is 3.28. The maximum absolute atomic E-state index is 11.0. The van der Waals surface area contributed by atoms with Crippen molar-refractivity contribution in [3.05, 3.63) is 64.2 Å². The number of nitro groups is 1. The van der Waals surface area contributed by atoms with Crippen molar-refractivity contribution in [2.75, 3.05) is 31.3 Å². The number of nitrogen functional groups attached to an aromatic ring is 1. The molecule has 2 N–H and O–H groups in total. The Balaban J connectivity index is 2.26. The van der Waals surface area contributed by atoms with Gasteiger partial charge >= 0.3 is 0 Å². The molecule has 0 aliphatic heterocycles. The highest BCUT2D eigenvalue weighted by Gasteiger charge is 2.20. The van der Waals surface area contributed by atoms with Gasteiger partial charge in [-0.05, 0) is 29.8 Å². The fraction of sp³-hybridized carbons (Fsp3) is 0.250. The van der Waals surface area contributed by atoms with Crippen LogP contribution in [-0.4, -0.2) is 25.6 Å². The molecule has 22 heavy (non-hydrogen) atoms. The summed E-state index contributed by atoms with van der Waals surface area (Å²) in [6, 6.07) is 15.3. The minimum absolute atomic E-state index is 0.139. The quantitative estimate of drug-likeness (QED) is 0.382. The second kappa shape index (κ2) is 7.17. The summed E-state index contributed by atoms with van der Waals surface area (Å²) in [5.41, 5.74) is 8.58. The second-order valence-corrected chi connectivity index (χ2v) is 6.39. The van der Waals surface area contributed by atoms with Gasteiger partial charge in [-0.1, -0.05) is 24.3 Å². The first-order valence-electron chi connectivity index (χ1n) is 6.87. The number of benzene rings is 2. The molecule has 0 bridgehead atoms. The van der Waals surface area contributed by atoms with E-state index in [1.807, 2.05) is 61.5 Å². The molecule has 2 rings (SSSR count). The Morgan fingerprint density at radius 2 is 1.82 bits per heavy atom. The third-order valence-corrected chi connectivity index (χ3v) is 4.62. The summed E-state index contributed by atoms with van der Waals surface area (Å²) >= 11 is 1.43. The Morgan fingerprint density at radius 3 is 2.36 bits per heavy atom. The van der Waals surface area contributed by atoms with Crippen molar-refractivity contribution < 1.29 is 4.92 Å². The molecule has 1 unspecified atom stereocenters. The molecule has 0 aliphatic rings. The molecule has 0 saturated heterocycles. The zero-order valence-corrected chi connectivity index (χ0v) is 13.4. The monoisotopic (exact) mass is 317 g/mol. The van der Waals surface area contributed by atoms with Crippen LogP contribution >= 0.6 is 11.8 Å². The second-order valence-electron chi connectivity index (χ2n) is 5.15. The van der Waals surface area contributed by atoms with Crippen molar-refractivity contribution in [3.8, 4) is 0 Å². The van der Waals surface area contributed by atoms with Crippen LogP contribution in [0.3, 0.4) is 0 Å². The van der Waals surface area contributed by atoms with Crippen molar-refractivity contribution >= 4 is 23.1 Å². The highest BCUT2D eigenvalue weighted by molar-refractivity contribution is 7.99. The number of nitrogens with two attached hydrogens (primary N) is 1. The van der Waals surface area contributed by atoms with Crippen molar-refractivity contribution in [1.29, 1.82) is 0 Å². The Bertz CT molecular complexity index is 644. The summed E-state index contributed by atoms with van der Waals surface area (Å²) in [5, 5.41) is 10.7. The lowest BCUT2D eigenvalue weighted by molar-refractivity contribution is -0.479. The van der Waals surface area contributed by atoms with E-state index in [4.69, 9.17) is 5.73 Å². The van der Waals surface area contributed by atoms with Gasteiger partial charge in [0.05, 0.1) is 5.25 Å². The van der Waals surface area contributed by atoms with Crippen molar-refractivity contribution in [1.82, 2.24) is 0 Å². The summed E-state index contributed by atoms with van der Waals surface area (Å²) in [6.07, 6.45) is 0. The van der Waals surface area contributed by atoms with E-state index in [-0.39, 0.29) is 16.7 Å². The number of hydrogen-bond acceptors (Lipinski definition) is 5. The maximum Gasteiger partial charge on any atom is 0.220 e. The minimum atomic E-state index is -0.281. The van der Waals surface area contributed by atoms with Gasteiger partial charge in [-0.3, -0.25) is 10.1 Å². The van der Waals surface area contributed by atoms with Crippen molar-refractivity contribution in [2.45, 2.75) is 10.1 Å². The molecule has 0 amide bonds. The van der Waals surface area contributed by atoms with Gasteiger partial charge in [-0.25, -0.2) is 0 Å². The van der Waals surface area contributed by atoms with Crippen LogP contribution in [0.5, 0.6) is 0 Å². The molecule has 0 heterocycles. The SMILES string of the molecule is CN(C)c1ccc(C(C[N+](=O)[O-])Sc2ccccc2N)cc1. The zero-order chi connectivity index (χ0) is 16.1. The Hall–Kier alpha value is -2.21. The smallest absolute Gasteiger partial charge is 0.220 e. The maximum atomic E-state index is 11.0. The highest BCUT2D eigenvalue weighted by atomic mass is 32.2. The van der Waals surface area contributed by atoms with Crippen molar-refractivity contribution in [3.63, 3.8) is 0 Å². The van der Waals surface area contributed by atoms with Gasteiger partial charge in [-0.2, -0.15) is 0 Å². The van der Waals surface area contributed by atoms with E-state index in [9.17, 15) is 10.1 Å². The molecule has 0 aromatic heterocycles. The summed E-state index contributed by atoms with van der Waals surface area (Å²) in [6.45, 7) is -0.139. The molecular weight excluding hydrogens is 298 g/mol. The number of rotatable bonds is 6. The largest absolute Gasteiger partial charge is 0.398 e. The van der Waals surface area contributed by atoms with Crippen molar-refractivity contribution in [2.24, 2.45) is 0 Å². The van der Waals surface area contributed by atoms with E-state index in [1.54, 1.807) is 6.07 Å². The Kier molecular flexibility index (Phi) is 5.27. The molecular formula is C16H19N3O2S. The fourth-order valence-corrected chi connectivity index (χ4v) is 3.23. The first-order chi connectivity index (χ1) is 10.5. The van der Waals surface area contributed by atoms with Crippen LogP contribution in [0.2, 0.25) is 0 Å². The molecule has 6 heteroatoms. The summed E-state index contributed by atoms with van der Waals surface area (Å²) in [4.78, 5) is 13.6. The summed E-state index contributed by atoms with van der Waals surface area (Å²) in [7, 11) is 3.92. The average molecular weight is 317 g/mol. The third kappa shape index (κ3) is 4.14. The van der Waals surface area contributed by atoms with Gasteiger partial charge in [0.1, 0.15) is 0 Å². The van der Waals surface area contributed by atoms with Crippen LogP contribution in [0.15, 0.2) is 53.4 Å². The van der Waals surface area contributed by atoms with E-state index in [1.165, 1.54) is 11.8 Å². The van der Waals surface area contributed by atoms with E-state index >= 15 is 0 Å². The first kappa shape index (κ1) is 16.2. The van der Waals surface area contributed by atoms with Crippen LogP contribution in [0.1, 0.15) is 10.8 Å². The molecule has 0 saturated carbocycles. The Labute approximate surface area is 134 Å². The lowest BCUT2D eigenvalue weighted by Crippen LogP contribution is -2.11. The molecule has 0 spiro atoms. The molecule has 2 aromatic carbocycles. The Morgan fingerprint density at radius 1 is 1.18 bits per heavy atom. The topological polar surface area (TPSA) is 72.4 Å². The average Bonchev–Trinajstić information content (AvgIpc) is 2.48. The van der Waals surface area contributed by atoms with E-state index < -0.39 is 0 Å². The predicted molar refractivity (Wildman–Crippen MR) is 92.1 cm³/mol. The number of thioether (sulfide) groups is 1. The number of anilines is 2.